The first-order valence-corrected chi connectivity index (χ1v) is 18.1. The van der Waals surface area contributed by atoms with Crippen molar-refractivity contribution in [2.75, 3.05) is 0 Å². The van der Waals surface area contributed by atoms with E-state index in [1.165, 1.54) is 11.1 Å². The first-order valence-electron chi connectivity index (χ1n) is 18.1. The van der Waals surface area contributed by atoms with Crippen molar-refractivity contribution in [2.45, 2.75) is 12.8 Å². The molecule has 0 bridgehead atoms. The molecule has 2 heterocycles. The minimum absolute atomic E-state index is 0.636. The number of allylic oxidation sites excluding steroid dienone is 4. The molecule has 0 unspecified atom stereocenters. The SMILES string of the molecule is C1=CC(c2ccc(-c3nc(-c4ccccc4)nc(-c4ccc(-c5ccc(-c6ccccc6)c6oc7ccccc7c56)c5ccccc45)n3)cc2)=CCC1. The van der Waals surface area contributed by atoms with Crippen molar-refractivity contribution in [2.24, 2.45) is 0 Å². The van der Waals surface area contributed by atoms with Crippen LogP contribution in [0.1, 0.15) is 18.4 Å². The Morgan fingerprint density at radius 2 is 0.943 bits per heavy atom. The molecule has 4 nitrogen and oxygen atoms in total. The summed E-state index contributed by atoms with van der Waals surface area (Å²) in [6.07, 6.45) is 8.91. The molecule has 0 aliphatic heterocycles. The normalized spacial score (nSPS) is 12.8. The fourth-order valence-electron chi connectivity index (χ4n) is 7.61. The van der Waals surface area contributed by atoms with E-state index in [-0.39, 0.29) is 0 Å². The molecule has 2 aromatic heterocycles. The number of hydrogen-bond donors (Lipinski definition) is 0. The zero-order valence-electron chi connectivity index (χ0n) is 28.9. The number of nitrogens with zero attached hydrogens (tertiary/aromatic N) is 3. The molecule has 0 spiro atoms. The molecular weight excluding hydrogens is 647 g/mol. The molecule has 4 heteroatoms. The Hall–Kier alpha value is -6.91. The highest BCUT2D eigenvalue weighted by molar-refractivity contribution is 6.19. The number of fused-ring (bicyclic) bond motifs is 4. The van der Waals surface area contributed by atoms with E-state index in [0.29, 0.717) is 17.5 Å². The lowest BCUT2D eigenvalue weighted by atomic mass is 9.90. The van der Waals surface area contributed by atoms with E-state index >= 15 is 0 Å². The molecule has 0 atom stereocenters. The van der Waals surface area contributed by atoms with Crippen LogP contribution in [-0.4, -0.2) is 15.0 Å². The second kappa shape index (κ2) is 13.0. The van der Waals surface area contributed by atoms with E-state index in [0.717, 1.165) is 84.5 Å². The molecular formula is C49H33N3O. The van der Waals surface area contributed by atoms with E-state index < -0.39 is 0 Å². The quantitative estimate of drug-likeness (QED) is 0.175. The Morgan fingerprint density at radius 3 is 1.66 bits per heavy atom. The zero-order valence-corrected chi connectivity index (χ0v) is 28.9. The van der Waals surface area contributed by atoms with E-state index in [2.05, 4.69) is 146 Å². The van der Waals surface area contributed by atoms with Crippen molar-refractivity contribution in [1.29, 1.82) is 0 Å². The summed E-state index contributed by atoms with van der Waals surface area (Å²) in [5.41, 5.74) is 11.5. The van der Waals surface area contributed by atoms with E-state index in [1.54, 1.807) is 0 Å². The molecule has 53 heavy (non-hydrogen) atoms. The van der Waals surface area contributed by atoms with Gasteiger partial charge in [0.1, 0.15) is 11.2 Å². The van der Waals surface area contributed by atoms with Crippen LogP contribution in [0.25, 0.3) is 94.7 Å². The lowest BCUT2D eigenvalue weighted by molar-refractivity contribution is 0.670. The number of aromatic nitrogens is 3. The molecule has 10 rings (SSSR count). The highest BCUT2D eigenvalue weighted by atomic mass is 16.3. The standard InChI is InChI=1S/C49H33N3O/c1-4-14-32(15-5-1)33-24-26-36(27-25-33)48-50-47(35-18-8-3-9-19-35)51-49(52-48)42-31-29-40(38-20-10-11-21-39(38)42)41-30-28-37(34-16-6-2-7-17-34)46-45(41)43-22-12-13-23-44(43)53-46/h2-4,6-31H,1,5H2. The summed E-state index contributed by atoms with van der Waals surface area (Å²) in [6.45, 7) is 0. The average molecular weight is 680 g/mol. The van der Waals surface area contributed by atoms with Gasteiger partial charge in [0.25, 0.3) is 0 Å². The summed E-state index contributed by atoms with van der Waals surface area (Å²) >= 11 is 0. The molecule has 0 fully saturated rings. The van der Waals surface area contributed by atoms with Gasteiger partial charge in [-0.1, -0.05) is 158 Å². The molecule has 0 N–H and O–H groups in total. The Bertz CT molecular complexity index is 2870. The Morgan fingerprint density at radius 1 is 0.396 bits per heavy atom. The van der Waals surface area contributed by atoms with Crippen molar-refractivity contribution in [3.63, 3.8) is 0 Å². The summed E-state index contributed by atoms with van der Waals surface area (Å²) in [6, 6.07) is 54.9. The van der Waals surface area contributed by atoms with Crippen LogP contribution < -0.4 is 0 Å². The van der Waals surface area contributed by atoms with Gasteiger partial charge >= 0.3 is 0 Å². The van der Waals surface area contributed by atoms with Crippen LogP contribution in [0.15, 0.2) is 180 Å². The van der Waals surface area contributed by atoms with Crippen LogP contribution in [0, 0.1) is 0 Å². The van der Waals surface area contributed by atoms with Crippen LogP contribution in [0.3, 0.4) is 0 Å². The van der Waals surface area contributed by atoms with Crippen molar-refractivity contribution >= 4 is 38.3 Å². The van der Waals surface area contributed by atoms with Gasteiger partial charge in [-0.05, 0) is 69.6 Å². The molecule has 1 aliphatic carbocycles. The predicted molar refractivity (Wildman–Crippen MR) is 218 cm³/mol. The second-order valence-corrected chi connectivity index (χ2v) is 13.4. The number of furan rings is 1. The maximum atomic E-state index is 6.62. The number of benzene rings is 7. The van der Waals surface area contributed by atoms with Gasteiger partial charge in [-0.15, -0.1) is 0 Å². The fourth-order valence-corrected chi connectivity index (χ4v) is 7.61. The maximum Gasteiger partial charge on any atom is 0.164 e. The molecule has 0 radical (unpaired) electrons. The van der Waals surface area contributed by atoms with Crippen molar-refractivity contribution < 1.29 is 4.42 Å². The molecule has 0 saturated carbocycles. The van der Waals surface area contributed by atoms with Gasteiger partial charge in [0, 0.05) is 33.0 Å². The van der Waals surface area contributed by atoms with E-state index in [1.807, 2.05) is 30.3 Å². The van der Waals surface area contributed by atoms with Gasteiger partial charge in [-0.2, -0.15) is 0 Å². The number of rotatable bonds is 6. The van der Waals surface area contributed by atoms with Gasteiger partial charge < -0.3 is 4.42 Å². The summed E-state index contributed by atoms with van der Waals surface area (Å²) in [4.78, 5) is 15.3. The summed E-state index contributed by atoms with van der Waals surface area (Å²) in [7, 11) is 0. The van der Waals surface area contributed by atoms with Crippen LogP contribution in [0.4, 0.5) is 0 Å². The molecule has 9 aromatic rings. The Balaban J connectivity index is 1.15. The fraction of sp³-hybridized carbons (Fsp3) is 0.0408. The number of hydrogen-bond acceptors (Lipinski definition) is 4. The average Bonchev–Trinajstić information content (AvgIpc) is 3.64. The second-order valence-electron chi connectivity index (χ2n) is 13.4. The lowest BCUT2D eigenvalue weighted by Crippen LogP contribution is -2.01. The first-order chi connectivity index (χ1) is 26.3. The first kappa shape index (κ1) is 30.9. The largest absolute Gasteiger partial charge is 0.455 e. The van der Waals surface area contributed by atoms with Crippen molar-refractivity contribution in [1.82, 2.24) is 15.0 Å². The topological polar surface area (TPSA) is 51.8 Å². The summed E-state index contributed by atoms with van der Waals surface area (Å²) in [5.74, 6) is 1.92. The van der Waals surface area contributed by atoms with Crippen LogP contribution in [0.2, 0.25) is 0 Å². The monoisotopic (exact) mass is 679 g/mol. The highest BCUT2D eigenvalue weighted by Crippen LogP contribution is 2.44. The van der Waals surface area contributed by atoms with Gasteiger partial charge in [-0.25, -0.2) is 15.0 Å². The predicted octanol–water partition coefficient (Wildman–Crippen LogP) is 13.0. The number of para-hydroxylation sites is 1. The summed E-state index contributed by atoms with van der Waals surface area (Å²) < 4.78 is 6.62. The van der Waals surface area contributed by atoms with Gasteiger partial charge in [0.15, 0.2) is 17.5 Å². The third-order valence-corrected chi connectivity index (χ3v) is 10.2. The molecule has 250 valence electrons. The highest BCUT2D eigenvalue weighted by Gasteiger charge is 2.20. The zero-order chi connectivity index (χ0) is 35.1. The Kier molecular flexibility index (Phi) is 7.58. The van der Waals surface area contributed by atoms with Gasteiger partial charge in [0.05, 0.1) is 0 Å². The van der Waals surface area contributed by atoms with Crippen molar-refractivity contribution in [3.05, 3.63) is 182 Å². The summed E-state index contributed by atoms with van der Waals surface area (Å²) in [5, 5.41) is 4.39. The third kappa shape index (κ3) is 5.53. The van der Waals surface area contributed by atoms with Crippen LogP contribution in [-0.2, 0) is 0 Å². The molecule has 7 aromatic carbocycles. The minimum atomic E-state index is 0.636. The van der Waals surface area contributed by atoms with E-state index in [4.69, 9.17) is 19.4 Å². The van der Waals surface area contributed by atoms with Crippen LogP contribution in [0.5, 0.6) is 0 Å². The molecule has 0 saturated heterocycles. The van der Waals surface area contributed by atoms with Gasteiger partial charge in [-0.3, -0.25) is 0 Å². The molecule has 1 aliphatic rings. The lowest BCUT2D eigenvalue weighted by Gasteiger charge is -2.14. The Labute approximate surface area is 307 Å². The van der Waals surface area contributed by atoms with E-state index in [9.17, 15) is 0 Å². The smallest absolute Gasteiger partial charge is 0.164 e. The molecule has 0 amide bonds. The van der Waals surface area contributed by atoms with Crippen molar-refractivity contribution in [3.8, 4) is 56.4 Å². The third-order valence-electron chi connectivity index (χ3n) is 10.2. The van der Waals surface area contributed by atoms with Crippen LogP contribution >= 0.6 is 0 Å². The minimum Gasteiger partial charge on any atom is -0.455 e. The van der Waals surface area contributed by atoms with Gasteiger partial charge in [0.2, 0.25) is 0 Å². The maximum absolute atomic E-state index is 6.62.